The number of aryl methyl sites for hydroxylation is 3. The highest BCUT2D eigenvalue weighted by molar-refractivity contribution is 5.73. The second-order valence-electron chi connectivity index (χ2n) is 4.67. The number of pyridine rings is 1. The Bertz CT molecular complexity index is 552. The Morgan fingerprint density at radius 1 is 1.12 bits per heavy atom. The molecule has 0 radical (unpaired) electrons. The molecule has 0 aliphatic heterocycles. The molecule has 0 atom stereocenters. The maximum Gasteiger partial charge on any atom is 0.323 e. The second-order valence-corrected chi connectivity index (χ2v) is 4.67. The summed E-state index contributed by atoms with van der Waals surface area (Å²) in [5.74, 6) is 0. The third kappa shape index (κ3) is 1.40. The monoisotopic (exact) mass is 219 g/mol. The number of hydrogen-bond acceptors (Lipinski definition) is 2. The number of hydrogen-bond donors (Lipinski definition) is 0. The number of rotatable bonds is 1. The standard InChI is InChI=1S/C12H19N4/c1-7(2)16-12-11(15(6)14-16)9(4)8(3)10(5)13-12/h7H,1-6H3/q+1. The number of fused-ring (bicyclic) bond motifs is 1. The highest BCUT2D eigenvalue weighted by atomic mass is 15.5. The van der Waals surface area contributed by atoms with E-state index in [2.05, 4.69) is 44.8 Å². The van der Waals surface area contributed by atoms with Crippen molar-refractivity contribution in [2.24, 2.45) is 7.05 Å². The van der Waals surface area contributed by atoms with Crippen molar-refractivity contribution >= 4 is 11.2 Å². The third-order valence-electron chi connectivity index (χ3n) is 3.21. The van der Waals surface area contributed by atoms with Crippen LogP contribution in [0.4, 0.5) is 0 Å². The van der Waals surface area contributed by atoms with Crippen LogP contribution in [-0.4, -0.2) is 14.9 Å². The average molecular weight is 219 g/mol. The van der Waals surface area contributed by atoms with Crippen molar-refractivity contribution < 1.29 is 4.68 Å². The summed E-state index contributed by atoms with van der Waals surface area (Å²) in [7, 11) is 1.98. The lowest BCUT2D eigenvalue weighted by molar-refractivity contribution is -0.752. The van der Waals surface area contributed by atoms with E-state index in [1.54, 1.807) is 0 Å². The van der Waals surface area contributed by atoms with Gasteiger partial charge < -0.3 is 0 Å². The van der Waals surface area contributed by atoms with E-state index in [1.165, 1.54) is 11.1 Å². The molecule has 0 aliphatic carbocycles. The van der Waals surface area contributed by atoms with E-state index < -0.39 is 0 Å². The van der Waals surface area contributed by atoms with Crippen molar-refractivity contribution in [2.75, 3.05) is 0 Å². The first-order chi connectivity index (χ1) is 7.43. The minimum Gasteiger partial charge on any atom is -0.167 e. The molecule has 0 spiro atoms. The Labute approximate surface area is 95.9 Å². The Balaban J connectivity index is 2.92. The molecular weight excluding hydrogens is 200 g/mol. The molecule has 16 heavy (non-hydrogen) atoms. The fourth-order valence-corrected chi connectivity index (χ4v) is 2.04. The van der Waals surface area contributed by atoms with Gasteiger partial charge in [0.15, 0.2) is 0 Å². The maximum atomic E-state index is 4.66. The summed E-state index contributed by atoms with van der Waals surface area (Å²) in [4.78, 5) is 4.66. The molecule has 0 saturated heterocycles. The van der Waals surface area contributed by atoms with Crippen LogP contribution in [0.2, 0.25) is 0 Å². The first-order valence-electron chi connectivity index (χ1n) is 5.65. The summed E-state index contributed by atoms with van der Waals surface area (Å²) in [5.41, 5.74) is 5.74. The molecule has 0 aliphatic rings. The normalized spacial score (nSPS) is 11.7. The first kappa shape index (κ1) is 11.0. The Morgan fingerprint density at radius 2 is 1.75 bits per heavy atom. The average Bonchev–Trinajstić information content (AvgIpc) is 2.52. The van der Waals surface area contributed by atoms with Gasteiger partial charge in [0.25, 0.3) is 0 Å². The highest BCUT2D eigenvalue weighted by Crippen LogP contribution is 2.19. The van der Waals surface area contributed by atoms with Crippen molar-refractivity contribution in [1.29, 1.82) is 0 Å². The summed E-state index contributed by atoms with van der Waals surface area (Å²) in [6.45, 7) is 10.6. The predicted octanol–water partition coefficient (Wildman–Crippen LogP) is 1.76. The summed E-state index contributed by atoms with van der Waals surface area (Å²) in [6.07, 6.45) is 0. The van der Waals surface area contributed by atoms with Gasteiger partial charge in [0, 0.05) is 10.8 Å². The molecule has 4 nitrogen and oxygen atoms in total. The van der Waals surface area contributed by atoms with Gasteiger partial charge >= 0.3 is 5.65 Å². The minimum atomic E-state index is 0.331. The summed E-state index contributed by atoms with van der Waals surface area (Å²) in [6, 6.07) is 0.331. The molecule has 4 heteroatoms. The zero-order valence-electron chi connectivity index (χ0n) is 10.9. The second kappa shape index (κ2) is 3.54. The predicted molar refractivity (Wildman–Crippen MR) is 63.3 cm³/mol. The molecular formula is C12H19N4+. The summed E-state index contributed by atoms with van der Waals surface area (Å²) < 4.78 is 3.90. The molecule has 2 rings (SSSR count). The van der Waals surface area contributed by atoms with Crippen LogP contribution in [0.25, 0.3) is 11.2 Å². The molecule has 86 valence electrons. The molecule has 0 fully saturated rings. The summed E-state index contributed by atoms with van der Waals surface area (Å²) >= 11 is 0. The molecule has 2 heterocycles. The molecule has 0 saturated carbocycles. The van der Waals surface area contributed by atoms with E-state index in [0.29, 0.717) is 6.04 Å². The van der Waals surface area contributed by atoms with Gasteiger partial charge in [0.05, 0.1) is 13.1 Å². The molecule has 0 N–H and O–H groups in total. The molecule has 0 amide bonds. The van der Waals surface area contributed by atoms with Gasteiger partial charge in [0.1, 0.15) is 5.69 Å². The highest BCUT2D eigenvalue weighted by Gasteiger charge is 2.23. The third-order valence-corrected chi connectivity index (χ3v) is 3.21. The Kier molecular flexibility index (Phi) is 2.45. The zero-order valence-corrected chi connectivity index (χ0v) is 10.9. The van der Waals surface area contributed by atoms with Gasteiger partial charge in [-0.05, 0) is 40.2 Å². The van der Waals surface area contributed by atoms with Gasteiger partial charge in [-0.2, -0.15) is 4.68 Å². The van der Waals surface area contributed by atoms with Crippen LogP contribution in [0.5, 0.6) is 0 Å². The van der Waals surface area contributed by atoms with Crippen molar-refractivity contribution in [3.63, 3.8) is 0 Å². The lowest BCUT2D eigenvalue weighted by atomic mass is 10.1. The van der Waals surface area contributed by atoms with E-state index in [4.69, 9.17) is 0 Å². The largest absolute Gasteiger partial charge is 0.323 e. The van der Waals surface area contributed by atoms with E-state index in [1.807, 2.05) is 16.4 Å². The molecule has 2 aromatic rings. The Morgan fingerprint density at radius 3 is 2.31 bits per heavy atom. The van der Waals surface area contributed by atoms with Gasteiger partial charge in [-0.1, -0.05) is 0 Å². The van der Waals surface area contributed by atoms with Crippen molar-refractivity contribution in [3.05, 3.63) is 16.8 Å². The van der Waals surface area contributed by atoms with Crippen molar-refractivity contribution in [1.82, 2.24) is 14.9 Å². The zero-order chi connectivity index (χ0) is 12.0. The molecule has 0 aromatic carbocycles. The van der Waals surface area contributed by atoms with E-state index in [9.17, 15) is 0 Å². The summed E-state index contributed by atoms with van der Waals surface area (Å²) in [5, 5.41) is 4.50. The van der Waals surface area contributed by atoms with Gasteiger partial charge in [0.2, 0.25) is 5.52 Å². The van der Waals surface area contributed by atoms with Crippen molar-refractivity contribution in [3.8, 4) is 0 Å². The quantitative estimate of drug-likeness (QED) is 0.685. The van der Waals surface area contributed by atoms with E-state index >= 15 is 0 Å². The van der Waals surface area contributed by atoms with Crippen molar-refractivity contribution in [2.45, 2.75) is 40.7 Å². The molecule has 0 bridgehead atoms. The van der Waals surface area contributed by atoms with Crippen LogP contribution in [0.1, 0.15) is 36.7 Å². The van der Waals surface area contributed by atoms with E-state index in [-0.39, 0.29) is 0 Å². The van der Waals surface area contributed by atoms with E-state index in [0.717, 1.165) is 16.9 Å². The number of nitrogens with zero attached hydrogens (tertiary/aromatic N) is 4. The maximum absolute atomic E-state index is 4.66. The van der Waals surface area contributed by atoms with Crippen LogP contribution in [0.3, 0.4) is 0 Å². The fourth-order valence-electron chi connectivity index (χ4n) is 2.04. The lowest BCUT2D eigenvalue weighted by Gasteiger charge is -2.01. The van der Waals surface area contributed by atoms with Gasteiger partial charge in [-0.3, -0.25) is 0 Å². The smallest absolute Gasteiger partial charge is 0.167 e. The van der Waals surface area contributed by atoms with Crippen LogP contribution >= 0.6 is 0 Å². The van der Waals surface area contributed by atoms with Crippen LogP contribution in [-0.2, 0) is 7.05 Å². The Hall–Kier alpha value is -1.45. The minimum absolute atomic E-state index is 0.331. The van der Waals surface area contributed by atoms with Crippen LogP contribution < -0.4 is 4.68 Å². The van der Waals surface area contributed by atoms with Crippen LogP contribution in [0, 0.1) is 20.8 Å². The fraction of sp³-hybridized carbons (Fsp3) is 0.583. The molecule has 2 aromatic heterocycles. The van der Waals surface area contributed by atoms with Gasteiger partial charge in [-0.25, -0.2) is 0 Å². The molecule has 0 unspecified atom stereocenters. The number of aromatic nitrogens is 4. The lowest BCUT2D eigenvalue weighted by Crippen LogP contribution is -2.39. The van der Waals surface area contributed by atoms with Crippen LogP contribution in [0.15, 0.2) is 0 Å². The van der Waals surface area contributed by atoms with Gasteiger partial charge in [-0.15, -0.1) is 9.67 Å². The SMILES string of the molecule is Cc1nc2c(c(C)c1C)n(C)n[n+]2C(C)C. The topological polar surface area (TPSA) is 34.6 Å². The first-order valence-corrected chi connectivity index (χ1v) is 5.65.